The van der Waals surface area contributed by atoms with Crippen molar-refractivity contribution in [2.75, 3.05) is 0 Å². The molecule has 0 N–H and O–H groups in total. The molecular formula is C21H19ClN4O2. The lowest BCUT2D eigenvalue weighted by Crippen LogP contribution is -2.36. The van der Waals surface area contributed by atoms with E-state index in [0.717, 1.165) is 10.4 Å². The molecule has 0 spiro atoms. The normalized spacial score (nSPS) is 14.1. The van der Waals surface area contributed by atoms with E-state index in [0.29, 0.717) is 45.4 Å². The summed E-state index contributed by atoms with van der Waals surface area (Å²) >= 11 is 6.43. The van der Waals surface area contributed by atoms with Crippen LogP contribution in [0.2, 0.25) is 5.15 Å². The molecule has 0 aliphatic carbocycles. The summed E-state index contributed by atoms with van der Waals surface area (Å²) in [5, 5.41) is 11.5. The predicted molar refractivity (Wildman–Crippen MR) is 109 cm³/mol. The first-order valence-electron chi connectivity index (χ1n) is 9.06. The molecule has 28 heavy (non-hydrogen) atoms. The molecule has 7 heteroatoms. The summed E-state index contributed by atoms with van der Waals surface area (Å²) in [6, 6.07) is 10.8. The van der Waals surface area contributed by atoms with Crippen LogP contribution in [-0.2, 0) is 6.54 Å². The first kappa shape index (κ1) is 18.4. The van der Waals surface area contributed by atoms with Gasteiger partial charge in [-0.25, -0.2) is 0 Å². The summed E-state index contributed by atoms with van der Waals surface area (Å²) in [6.07, 6.45) is 1.44. The summed E-state index contributed by atoms with van der Waals surface area (Å²) in [5.41, 5.74) is 2.21. The number of benzene rings is 2. The van der Waals surface area contributed by atoms with Crippen LogP contribution in [-0.4, -0.2) is 32.8 Å². The Balaban J connectivity index is 1.73. The minimum atomic E-state index is -0.450. The van der Waals surface area contributed by atoms with Crippen LogP contribution in [0.25, 0.3) is 10.8 Å². The van der Waals surface area contributed by atoms with Gasteiger partial charge >= 0.3 is 0 Å². The number of imide groups is 1. The highest BCUT2D eigenvalue weighted by Gasteiger charge is 2.32. The van der Waals surface area contributed by atoms with Crippen molar-refractivity contribution in [1.29, 1.82) is 0 Å². The topological polar surface area (TPSA) is 67.6 Å². The van der Waals surface area contributed by atoms with Crippen LogP contribution >= 0.6 is 11.6 Å². The first-order valence-corrected chi connectivity index (χ1v) is 9.43. The van der Waals surface area contributed by atoms with Crippen molar-refractivity contribution >= 4 is 40.4 Å². The average molecular weight is 395 g/mol. The smallest absolute Gasteiger partial charge is 0.267 e. The van der Waals surface area contributed by atoms with Crippen LogP contribution in [0.4, 0.5) is 0 Å². The molecule has 4 rings (SSSR count). The average Bonchev–Trinajstić information content (AvgIpc) is 2.92. The Kier molecular flexibility index (Phi) is 4.51. The van der Waals surface area contributed by atoms with Crippen LogP contribution < -0.4 is 0 Å². The van der Waals surface area contributed by atoms with Gasteiger partial charge in [0, 0.05) is 11.9 Å². The second-order valence-electron chi connectivity index (χ2n) is 7.24. The van der Waals surface area contributed by atoms with Crippen LogP contribution in [0.1, 0.15) is 45.8 Å². The Morgan fingerprint density at radius 1 is 1.11 bits per heavy atom. The van der Waals surface area contributed by atoms with Crippen molar-refractivity contribution in [3.63, 3.8) is 0 Å². The molecule has 0 atom stereocenters. The monoisotopic (exact) mass is 394 g/mol. The van der Waals surface area contributed by atoms with E-state index in [2.05, 4.69) is 24.0 Å². The van der Waals surface area contributed by atoms with Gasteiger partial charge < -0.3 is 0 Å². The van der Waals surface area contributed by atoms with Gasteiger partial charge in [0.05, 0.1) is 28.6 Å². The summed E-state index contributed by atoms with van der Waals surface area (Å²) in [5.74, 6) is -0.522. The highest BCUT2D eigenvalue weighted by atomic mass is 35.5. The maximum absolute atomic E-state index is 12.9. The molecule has 0 bridgehead atoms. The van der Waals surface area contributed by atoms with E-state index < -0.39 is 11.8 Å². The Hall–Kier alpha value is -2.99. The zero-order valence-electron chi connectivity index (χ0n) is 15.8. The van der Waals surface area contributed by atoms with Crippen molar-refractivity contribution in [1.82, 2.24) is 14.8 Å². The number of carbonyl (C=O) groups excluding carboxylic acids is 2. The lowest BCUT2D eigenvalue weighted by molar-refractivity contribution is 0.0616. The number of hydrazone groups is 1. The van der Waals surface area contributed by atoms with Crippen molar-refractivity contribution in [3.05, 3.63) is 63.9 Å². The molecule has 2 amide bonds. The molecule has 3 aromatic rings. The van der Waals surface area contributed by atoms with E-state index in [4.69, 9.17) is 11.6 Å². The lowest BCUT2D eigenvalue weighted by atomic mass is 9.95. The van der Waals surface area contributed by atoms with E-state index in [-0.39, 0.29) is 0 Å². The third-order valence-electron chi connectivity index (χ3n) is 4.70. The molecule has 0 fully saturated rings. The zero-order chi connectivity index (χ0) is 20.0. The van der Waals surface area contributed by atoms with Gasteiger partial charge in [0.1, 0.15) is 5.15 Å². The number of rotatable bonds is 4. The lowest BCUT2D eigenvalue weighted by Gasteiger charge is -2.22. The van der Waals surface area contributed by atoms with Crippen LogP contribution in [0, 0.1) is 12.8 Å². The van der Waals surface area contributed by atoms with Crippen molar-refractivity contribution < 1.29 is 9.59 Å². The fraction of sp³-hybridized carbons (Fsp3) is 0.238. The summed E-state index contributed by atoms with van der Waals surface area (Å²) in [7, 11) is 0. The largest absolute Gasteiger partial charge is 0.282 e. The summed E-state index contributed by atoms with van der Waals surface area (Å²) < 4.78 is 1.71. The van der Waals surface area contributed by atoms with Gasteiger partial charge in [-0.1, -0.05) is 49.7 Å². The number of halogens is 1. The molecule has 2 heterocycles. The quantitative estimate of drug-likeness (QED) is 0.489. The van der Waals surface area contributed by atoms with Crippen molar-refractivity contribution in [2.24, 2.45) is 11.0 Å². The van der Waals surface area contributed by atoms with Gasteiger partial charge in [-0.05, 0) is 30.4 Å². The molecule has 0 radical (unpaired) electrons. The van der Waals surface area contributed by atoms with Crippen molar-refractivity contribution in [3.8, 4) is 0 Å². The minimum absolute atomic E-state index is 0.379. The third kappa shape index (κ3) is 2.90. The number of nitrogens with zero attached hydrogens (tertiary/aromatic N) is 4. The molecule has 0 saturated heterocycles. The first-order chi connectivity index (χ1) is 13.4. The van der Waals surface area contributed by atoms with Crippen LogP contribution in [0.15, 0.2) is 41.5 Å². The molecule has 0 saturated carbocycles. The number of hydrogen-bond donors (Lipinski definition) is 0. The summed E-state index contributed by atoms with van der Waals surface area (Å²) in [6.45, 7) is 6.64. The Morgan fingerprint density at radius 2 is 1.71 bits per heavy atom. The molecule has 1 aliphatic rings. The minimum Gasteiger partial charge on any atom is -0.267 e. The van der Waals surface area contributed by atoms with Gasteiger partial charge in [-0.15, -0.1) is 0 Å². The molecule has 6 nitrogen and oxygen atoms in total. The second kappa shape index (κ2) is 6.87. The predicted octanol–water partition coefficient (Wildman–Crippen LogP) is 4.28. The van der Waals surface area contributed by atoms with Crippen LogP contribution in [0.5, 0.6) is 0 Å². The second-order valence-corrected chi connectivity index (χ2v) is 7.60. The van der Waals surface area contributed by atoms with Gasteiger partial charge in [-0.3, -0.25) is 14.3 Å². The highest BCUT2D eigenvalue weighted by molar-refractivity contribution is 6.32. The maximum atomic E-state index is 12.9. The van der Waals surface area contributed by atoms with E-state index >= 15 is 0 Å². The van der Waals surface area contributed by atoms with E-state index in [9.17, 15) is 9.59 Å². The van der Waals surface area contributed by atoms with Crippen LogP contribution in [0.3, 0.4) is 0 Å². The molecule has 0 unspecified atom stereocenters. The number of carbonyl (C=O) groups is 2. The van der Waals surface area contributed by atoms with Gasteiger partial charge in [0.2, 0.25) is 0 Å². The van der Waals surface area contributed by atoms with Gasteiger partial charge in [-0.2, -0.15) is 15.2 Å². The fourth-order valence-electron chi connectivity index (χ4n) is 3.42. The maximum Gasteiger partial charge on any atom is 0.282 e. The summed E-state index contributed by atoms with van der Waals surface area (Å²) in [4.78, 5) is 25.8. The van der Waals surface area contributed by atoms with E-state index in [1.165, 1.54) is 6.21 Å². The molecule has 1 aliphatic heterocycles. The van der Waals surface area contributed by atoms with Crippen molar-refractivity contribution in [2.45, 2.75) is 27.3 Å². The molecule has 1 aromatic heterocycles. The molecular weight excluding hydrogens is 376 g/mol. The standard InChI is InChI=1S/C21H19ClN4O2/c1-12(2)11-25-19(22)17(13(3)24-25)10-23-26-20(27)15-8-4-6-14-7-5-9-16(18(14)15)21(26)28/h4-10,12H,11H2,1-3H3/b23-10-. The molecule has 142 valence electrons. The fourth-order valence-corrected chi connectivity index (χ4v) is 3.71. The zero-order valence-corrected chi connectivity index (χ0v) is 16.6. The van der Waals surface area contributed by atoms with Gasteiger partial charge in [0.15, 0.2) is 0 Å². The Labute approximate surface area is 167 Å². The highest BCUT2D eigenvalue weighted by Crippen LogP contribution is 2.30. The Bertz CT molecular complexity index is 1100. The number of aromatic nitrogens is 2. The number of hydrogen-bond acceptors (Lipinski definition) is 4. The number of aryl methyl sites for hydroxylation is 1. The van der Waals surface area contributed by atoms with Gasteiger partial charge in [0.25, 0.3) is 11.8 Å². The Morgan fingerprint density at radius 3 is 2.29 bits per heavy atom. The third-order valence-corrected chi connectivity index (χ3v) is 5.10. The van der Waals surface area contributed by atoms with E-state index in [1.54, 1.807) is 28.9 Å². The number of amides is 2. The molecule has 2 aromatic carbocycles. The SMILES string of the molecule is Cc1nn(CC(C)C)c(Cl)c1/C=N\N1C(=O)c2cccc3cccc(c23)C1=O. The van der Waals surface area contributed by atoms with E-state index in [1.807, 2.05) is 19.1 Å².